The van der Waals surface area contributed by atoms with E-state index in [1.807, 2.05) is 25.7 Å². The SMILES string of the molecule is C.CCC(CO)C(C)(C)N(C)c1cc(C)n(C2CC3(C2)CN(C=O)C3)n1.COC(C)(C)C. The molecule has 1 amide bonds. The number of likely N-dealkylation sites (tertiary alicyclic amines) is 1. The van der Waals surface area contributed by atoms with Crippen molar-refractivity contribution < 1.29 is 14.6 Å². The predicted octanol–water partition coefficient (Wildman–Crippen LogP) is 4.29. The lowest BCUT2D eigenvalue weighted by molar-refractivity contribution is -0.140. The molecular formula is C25H48N4O3. The van der Waals surface area contributed by atoms with E-state index in [0.717, 1.165) is 44.6 Å². The molecule has 1 spiro atoms. The van der Waals surface area contributed by atoms with Gasteiger partial charge in [0.15, 0.2) is 5.82 Å². The van der Waals surface area contributed by atoms with E-state index in [4.69, 9.17) is 9.84 Å². The van der Waals surface area contributed by atoms with Crippen LogP contribution in [0.25, 0.3) is 0 Å². The van der Waals surface area contributed by atoms with Gasteiger partial charge in [0, 0.05) is 62.5 Å². The summed E-state index contributed by atoms with van der Waals surface area (Å²) in [6.45, 7) is 16.6. The average molecular weight is 453 g/mol. The number of hydrogen-bond donors (Lipinski definition) is 1. The fourth-order valence-corrected chi connectivity index (χ4v) is 4.69. The van der Waals surface area contributed by atoms with E-state index in [2.05, 4.69) is 50.4 Å². The summed E-state index contributed by atoms with van der Waals surface area (Å²) in [4.78, 5) is 14.8. The minimum Gasteiger partial charge on any atom is -0.396 e. The van der Waals surface area contributed by atoms with E-state index in [1.165, 1.54) is 5.69 Å². The van der Waals surface area contributed by atoms with Crippen LogP contribution in [0.15, 0.2) is 6.07 Å². The summed E-state index contributed by atoms with van der Waals surface area (Å²) in [6, 6.07) is 2.59. The van der Waals surface area contributed by atoms with Crippen molar-refractivity contribution in [2.75, 3.05) is 38.8 Å². The Morgan fingerprint density at radius 3 is 2.25 bits per heavy atom. The van der Waals surface area contributed by atoms with Crippen LogP contribution < -0.4 is 4.90 Å². The molecule has 1 atom stereocenters. The zero-order valence-electron chi connectivity index (χ0n) is 21.1. The van der Waals surface area contributed by atoms with Crippen molar-refractivity contribution in [3.05, 3.63) is 11.8 Å². The van der Waals surface area contributed by atoms with Gasteiger partial charge in [-0.05, 0) is 60.8 Å². The van der Waals surface area contributed by atoms with E-state index in [1.54, 1.807) is 7.11 Å². The Labute approximate surface area is 196 Å². The number of aromatic nitrogens is 2. The number of methoxy groups -OCH3 is 1. The van der Waals surface area contributed by atoms with E-state index in [9.17, 15) is 9.90 Å². The first-order valence-corrected chi connectivity index (χ1v) is 11.5. The highest BCUT2D eigenvalue weighted by Gasteiger charge is 2.53. The number of carbonyl (C=O) groups excluding carboxylic acids is 1. The van der Waals surface area contributed by atoms with Gasteiger partial charge in [-0.15, -0.1) is 0 Å². The number of ether oxygens (including phenoxy) is 1. The van der Waals surface area contributed by atoms with Gasteiger partial charge in [0.25, 0.3) is 0 Å². The van der Waals surface area contributed by atoms with Crippen LogP contribution in [-0.2, 0) is 9.53 Å². The Bertz CT molecular complexity index is 720. The van der Waals surface area contributed by atoms with Crippen LogP contribution in [0, 0.1) is 18.3 Å². The van der Waals surface area contributed by atoms with E-state index in [0.29, 0.717) is 11.5 Å². The van der Waals surface area contributed by atoms with Crippen molar-refractivity contribution in [3.63, 3.8) is 0 Å². The Morgan fingerprint density at radius 2 is 1.84 bits per heavy atom. The lowest BCUT2D eigenvalue weighted by Crippen LogP contribution is -2.61. The monoisotopic (exact) mass is 452 g/mol. The highest BCUT2D eigenvalue weighted by atomic mass is 16.5. The molecule has 7 nitrogen and oxygen atoms in total. The van der Waals surface area contributed by atoms with Crippen molar-refractivity contribution in [3.8, 4) is 0 Å². The van der Waals surface area contributed by atoms with Gasteiger partial charge in [0.2, 0.25) is 6.41 Å². The second-order valence-corrected chi connectivity index (χ2v) is 11.0. The first-order valence-electron chi connectivity index (χ1n) is 11.5. The minimum absolute atomic E-state index is 0. The first-order chi connectivity index (χ1) is 14.3. The van der Waals surface area contributed by atoms with Gasteiger partial charge in [-0.25, -0.2) is 0 Å². The van der Waals surface area contributed by atoms with Crippen LogP contribution >= 0.6 is 0 Å². The molecule has 1 aromatic rings. The molecule has 0 aromatic carbocycles. The second-order valence-electron chi connectivity index (χ2n) is 11.0. The fourth-order valence-electron chi connectivity index (χ4n) is 4.69. The quantitative estimate of drug-likeness (QED) is 0.625. The average Bonchev–Trinajstić information content (AvgIpc) is 3.01. The number of amides is 1. The van der Waals surface area contributed by atoms with Gasteiger partial charge in [-0.3, -0.25) is 9.48 Å². The summed E-state index contributed by atoms with van der Waals surface area (Å²) >= 11 is 0. The largest absolute Gasteiger partial charge is 0.396 e. The second kappa shape index (κ2) is 10.6. The topological polar surface area (TPSA) is 70.8 Å². The van der Waals surface area contributed by atoms with Crippen LogP contribution in [-0.4, -0.2) is 71.2 Å². The van der Waals surface area contributed by atoms with Crippen molar-refractivity contribution >= 4 is 12.2 Å². The molecule has 1 aromatic heterocycles. The number of anilines is 1. The van der Waals surface area contributed by atoms with E-state index < -0.39 is 0 Å². The Balaban J connectivity index is 0.000000648. The van der Waals surface area contributed by atoms with Crippen LogP contribution in [0.1, 0.15) is 80.0 Å². The molecule has 7 heteroatoms. The van der Waals surface area contributed by atoms with Gasteiger partial charge in [-0.2, -0.15) is 5.10 Å². The summed E-state index contributed by atoms with van der Waals surface area (Å²) in [7, 11) is 3.78. The molecule has 0 radical (unpaired) electrons. The third-order valence-corrected chi connectivity index (χ3v) is 7.35. The zero-order chi connectivity index (χ0) is 23.6. The molecule has 2 fully saturated rings. The number of aliphatic hydroxyl groups is 1. The summed E-state index contributed by atoms with van der Waals surface area (Å²) in [5.41, 5.74) is 1.41. The summed E-state index contributed by atoms with van der Waals surface area (Å²) < 4.78 is 7.10. The summed E-state index contributed by atoms with van der Waals surface area (Å²) in [6.07, 6.45) is 4.12. The molecule has 2 heterocycles. The minimum atomic E-state index is -0.158. The number of aryl methyl sites for hydroxylation is 1. The van der Waals surface area contributed by atoms with Crippen LogP contribution in [0.3, 0.4) is 0 Å². The maximum absolute atomic E-state index is 10.8. The number of nitrogens with zero attached hydrogens (tertiary/aromatic N) is 4. The Kier molecular flexibility index (Phi) is 9.38. The van der Waals surface area contributed by atoms with Gasteiger partial charge in [0.1, 0.15) is 0 Å². The lowest BCUT2D eigenvalue weighted by Gasteiger charge is -2.58. The molecule has 3 rings (SSSR count). The molecule has 1 aliphatic carbocycles. The van der Waals surface area contributed by atoms with E-state index >= 15 is 0 Å². The zero-order valence-corrected chi connectivity index (χ0v) is 21.1. The molecule has 1 unspecified atom stereocenters. The summed E-state index contributed by atoms with van der Waals surface area (Å²) in [5.74, 6) is 1.18. The Hall–Kier alpha value is -1.60. The predicted molar refractivity (Wildman–Crippen MR) is 132 cm³/mol. The first kappa shape index (κ1) is 28.4. The standard InChI is InChI=1S/C19H32N4O2.C5H12O.CH4/c1-6-15(10-24)18(3,4)21(5)17-7-14(2)23(20-17)16-8-19(9-16)11-22(12-19)13-25;1-5(2,3)6-4;/h7,13,15-16,24H,6,8-12H2,1-5H3;1-4H3;1H4. The number of hydrogen-bond acceptors (Lipinski definition) is 5. The van der Waals surface area contributed by atoms with E-state index in [-0.39, 0.29) is 31.1 Å². The third kappa shape index (κ3) is 6.04. The van der Waals surface area contributed by atoms with Gasteiger partial charge in [-0.1, -0.05) is 14.4 Å². The van der Waals surface area contributed by atoms with Crippen LogP contribution in [0.5, 0.6) is 0 Å². The van der Waals surface area contributed by atoms with Crippen molar-refractivity contribution in [2.24, 2.45) is 11.3 Å². The molecule has 0 bridgehead atoms. The number of rotatable bonds is 7. The molecule has 1 saturated carbocycles. The number of aliphatic hydroxyl groups excluding tert-OH is 1. The van der Waals surface area contributed by atoms with Gasteiger partial charge < -0.3 is 19.6 Å². The Morgan fingerprint density at radius 1 is 1.31 bits per heavy atom. The van der Waals surface area contributed by atoms with Crippen LogP contribution in [0.2, 0.25) is 0 Å². The maximum atomic E-state index is 10.8. The number of carbonyl (C=O) groups is 1. The third-order valence-electron chi connectivity index (χ3n) is 7.35. The van der Waals surface area contributed by atoms with Gasteiger partial charge >= 0.3 is 0 Å². The van der Waals surface area contributed by atoms with Crippen molar-refractivity contribution in [2.45, 2.75) is 92.3 Å². The molecule has 2 aliphatic rings. The van der Waals surface area contributed by atoms with Crippen LogP contribution in [0.4, 0.5) is 5.82 Å². The van der Waals surface area contributed by atoms with Crippen molar-refractivity contribution in [1.82, 2.24) is 14.7 Å². The molecule has 1 saturated heterocycles. The smallest absolute Gasteiger partial charge is 0.209 e. The van der Waals surface area contributed by atoms with Crippen molar-refractivity contribution in [1.29, 1.82) is 0 Å². The molecule has 32 heavy (non-hydrogen) atoms. The fraction of sp³-hybridized carbons (Fsp3) is 0.840. The maximum Gasteiger partial charge on any atom is 0.209 e. The lowest BCUT2D eigenvalue weighted by atomic mass is 9.61. The highest BCUT2D eigenvalue weighted by Crippen LogP contribution is 2.54. The molecule has 1 N–H and O–H groups in total. The van der Waals surface area contributed by atoms with Gasteiger partial charge in [0.05, 0.1) is 11.6 Å². The molecule has 186 valence electrons. The normalized spacial score (nSPS) is 18.6. The summed E-state index contributed by atoms with van der Waals surface area (Å²) in [5, 5.41) is 14.6. The molecular weight excluding hydrogens is 404 g/mol. The highest BCUT2D eigenvalue weighted by molar-refractivity contribution is 5.50. The molecule has 1 aliphatic heterocycles.